The van der Waals surface area contributed by atoms with Gasteiger partial charge in [-0.1, -0.05) is 12.1 Å². The maximum atomic E-state index is 11.9. The van der Waals surface area contributed by atoms with Crippen molar-refractivity contribution in [3.05, 3.63) is 52.6 Å². The first-order valence-electron chi connectivity index (χ1n) is 8.96. The van der Waals surface area contributed by atoms with Gasteiger partial charge in [0.1, 0.15) is 5.82 Å². The van der Waals surface area contributed by atoms with Gasteiger partial charge in [0, 0.05) is 23.8 Å². The maximum absolute atomic E-state index is 11.9. The molecule has 5 N–H and O–H groups in total. The lowest BCUT2D eigenvalue weighted by Crippen LogP contribution is -2.60. The number of hydrogen-bond acceptors (Lipinski definition) is 5. The number of aromatic nitrogens is 2. The quantitative estimate of drug-likeness (QED) is 0.787. The molecule has 2 bridgehead atoms. The fourth-order valence-electron chi connectivity index (χ4n) is 4.16. The van der Waals surface area contributed by atoms with Crippen LogP contribution in [-0.2, 0) is 6.54 Å². The lowest BCUT2D eigenvalue weighted by atomic mass is 9.62. The number of anilines is 1. The minimum atomic E-state index is -0.362. The number of hydrogen-bond donors (Lipinski definition) is 3. The molecule has 132 valence electrons. The fourth-order valence-corrected chi connectivity index (χ4v) is 4.16. The van der Waals surface area contributed by atoms with Crippen molar-refractivity contribution in [1.82, 2.24) is 14.9 Å². The van der Waals surface area contributed by atoms with Crippen LogP contribution in [0.2, 0.25) is 0 Å². The highest BCUT2D eigenvalue weighted by Gasteiger charge is 2.46. The maximum Gasteiger partial charge on any atom is 0.354 e. The Morgan fingerprint density at radius 2 is 1.68 bits per heavy atom. The highest BCUT2D eigenvalue weighted by atomic mass is 16.1. The molecular weight excluding hydrogens is 314 g/mol. The van der Waals surface area contributed by atoms with Gasteiger partial charge in [0.25, 0.3) is 0 Å². The Balaban J connectivity index is 1.44. The molecule has 3 fully saturated rings. The van der Waals surface area contributed by atoms with Gasteiger partial charge in [-0.05, 0) is 62.3 Å². The van der Waals surface area contributed by atoms with Crippen molar-refractivity contribution >= 4 is 5.82 Å². The molecule has 0 saturated heterocycles. The Morgan fingerprint density at radius 3 is 2.28 bits per heavy atom. The van der Waals surface area contributed by atoms with Crippen molar-refractivity contribution < 1.29 is 0 Å². The molecule has 1 heterocycles. The van der Waals surface area contributed by atoms with Gasteiger partial charge in [-0.25, -0.2) is 4.79 Å². The van der Waals surface area contributed by atoms with E-state index in [1.54, 1.807) is 12.3 Å². The van der Waals surface area contributed by atoms with Crippen molar-refractivity contribution in [2.24, 2.45) is 5.73 Å². The molecule has 1 aromatic heterocycles. The molecule has 0 unspecified atom stereocenters. The van der Waals surface area contributed by atoms with Gasteiger partial charge in [0.05, 0.1) is 5.69 Å². The van der Waals surface area contributed by atoms with Crippen LogP contribution in [0.3, 0.4) is 0 Å². The average molecular weight is 339 g/mol. The van der Waals surface area contributed by atoms with Crippen LogP contribution in [0.4, 0.5) is 5.82 Å². The lowest BCUT2D eigenvalue weighted by molar-refractivity contribution is 0.0807. The van der Waals surface area contributed by atoms with Crippen LogP contribution in [-0.4, -0.2) is 20.6 Å². The third-order valence-electron chi connectivity index (χ3n) is 6.01. The van der Waals surface area contributed by atoms with E-state index in [2.05, 4.69) is 22.4 Å². The SMILES string of the molecule is Nc1ccn(-c2ccc(CNC34CCC(N)(CC3)CC4)cc2)c(=O)n1. The van der Waals surface area contributed by atoms with Crippen LogP contribution in [0, 0.1) is 0 Å². The monoisotopic (exact) mass is 339 g/mol. The number of nitrogens with zero attached hydrogens (tertiary/aromatic N) is 2. The van der Waals surface area contributed by atoms with E-state index in [4.69, 9.17) is 11.5 Å². The number of nitrogens with one attached hydrogen (secondary N) is 1. The highest BCUT2D eigenvalue weighted by molar-refractivity contribution is 5.36. The molecule has 6 heteroatoms. The predicted octanol–water partition coefficient (Wildman–Crippen LogP) is 1.71. The lowest BCUT2D eigenvalue weighted by Gasteiger charge is -2.52. The minimum Gasteiger partial charge on any atom is -0.383 e. The second kappa shape index (κ2) is 5.97. The second-order valence-electron chi connectivity index (χ2n) is 7.67. The van der Waals surface area contributed by atoms with Gasteiger partial charge < -0.3 is 16.8 Å². The Hall–Kier alpha value is -2.18. The summed E-state index contributed by atoms with van der Waals surface area (Å²) in [4.78, 5) is 15.7. The van der Waals surface area contributed by atoms with Gasteiger partial charge in [-0.3, -0.25) is 4.57 Å². The second-order valence-corrected chi connectivity index (χ2v) is 7.67. The molecule has 5 rings (SSSR count). The van der Waals surface area contributed by atoms with Crippen LogP contribution in [0.15, 0.2) is 41.3 Å². The van der Waals surface area contributed by atoms with Crippen LogP contribution < -0.4 is 22.5 Å². The van der Waals surface area contributed by atoms with Crippen molar-refractivity contribution in [3.8, 4) is 5.69 Å². The first-order valence-corrected chi connectivity index (χ1v) is 8.96. The summed E-state index contributed by atoms with van der Waals surface area (Å²) in [6, 6.07) is 9.63. The Bertz CT molecular complexity index is 802. The Morgan fingerprint density at radius 1 is 1.04 bits per heavy atom. The molecule has 1 aromatic carbocycles. The molecule has 3 aliphatic rings. The minimum absolute atomic E-state index is 0.103. The first kappa shape index (κ1) is 16.3. The third kappa shape index (κ3) is 3.19. The van der Waals surface area contributed by atoms with Gasteiger partial charge in [0.15, 0.2) is 0 Å². The van der Waals surface area contributed by atoms with Crippen LogP contribution in [0.25, 0.3) is 5.69 Å². The summed E-state index contributed by atoms with van der Waals surface area (Å²) in [6.07, 6.45) is 8.57. The smallest absolute Gasteiger partial charge is 0.354 e. The standard InChI is InChI=1S/C19H25N5O/c20-16-5-12-24(17(25)23-16)15-3-1-14(2-4-15)13-22-19-9-6-18(21,7-10-19)8-11-19/h1-5,12,22H,6-11,13,21H2,(H2,20,23,25). The van der Waals surface area contributed by atoms with Gasteiger partial charge in [0.2, 0.25) is 0 Å². The van der Waals surface area contributed by atoms with Crippen molar-refractivity contribution in [3.63, 3.8) is 0 Å². The molecule has 3 aliphatic carbocycles. The molecule has 25 heavy (non-hydrogen) atoms. The zero-order chi connectivity index (χ0) is 17.5. The van der Waals surface area contributed by atoms with E-state index in [0.29, 0.717) is 0 Å². The summed E-state index contributed by atoms with van der Waals surface area (Å²) in [7, 11) is 0. The van der Waals surface area contributed by atoms with Crippen LogP contribution in [0.1, 0.15) is 44.1 Å². The zero-order valence-electron chi connectivity index (χ0n) is 14.4. The van der Waals surface area contributed by atoms with Crippen LogP contribution in [0.5, 0.6) is 0 Å². The van der Waals surface area contributed by atoms with Gasteiger partial charge in [-0.15, -0.1) is 0 Å². The topological polar surface area (TPSA) is 99.0 Å². The number of fused-ring (bicyclic) bond motifs is 3. The summed E-state index contributed by atoms with van der Waals surface area (Å²) >= 11 is 0. The zero-order valence-corrected chi connectivity index (χ0v) is 14.4. The average Bonchev–Trinajstić information content (AvgIpc) is 2.62. The van der Waals surface area contributed by atoms with Crippen LogP contribution >= 0.6 is 0 Å². The Labute approximate surface area is 147 Å². The van der Waals surface area contributed by atoms with E-state index >= 15 is 0 Å². The summed E-state index contributed by atoms with van der Waals surface area (Å²) < 4.78 is 1.50. The van der Waals surface area contributed by atoms with Gasteiger partial charge >= 0.3 is 5.69 Å². The molecule has 0 spiro atoms. The van der Waals surface area contributed by atoms with E-state index in [1.165, 1.54) is 29.4 Å². The van der Waals surface area contributed by atoms with E-state index in [1.807, 2.05) is 12.1 Å². The molecule has 0 atom stereocenters. The molecule has 2 aromatic rings. The molecule has 0 radical (unpaired) electrons. The number of benzene rings is 1. The molecule has 0 amide bonds. The van der Waals surface area contributed by atoms with E-state index in [0.717, 1.165) is 31.5 Å². The largest absolute Gasteiger partial charge is 0.383 e. The molecular formula is C19H25N5O. The number of nitrogen functional groups attached to an aromatic ring is 1. The molecule has 6 nitrogen and oxygen atoms in total. The van der Waals surface area contributed by atoms with Crippen molar-refractivity contribution in [2.45, 2.75) is 56.1 Å². The number of rotatable bonds is 4. The predicted molar refractivity (Wildman–Crippen MR) is 98.4 cm³/mol. The first-order chi connectivity index (χ1) is 12.0. The fraction of sp³-hybridized carbons (Fsp3) is 0.474. The van der Waals surface area contributed by atoms with Gasteiger partial charge in [-0.2, -0.15) is 4.98 Å². The normalized spacial score (nSPS) is 28.2. The van der Waals surface area contributed by atoms with E-state index in [9.17, 15) is 4.79 Å². The Kier molecular flexibility index (Phi) is 3.89. The molecule has 0 aliphatic heterocycles. The summed E-state index contributed by atoms with van der Waals surface area (Å²) in [6.45, 7) is 0.840. The van der Waals surface area contributed by atoms with E-state index < -0.39 is 0 Å². The van der Waals surface area contributed by atoms with E-state index in [-0.39, 0.29) is 22.6 Å². The third-order valence-corrected chi connectivity index (χ3v) is 6.01. The summed E-state index contributed by atoms with van der Waals surface area (Å²) in [5, 5.41) is 3.78. The summed E-state index contributed by atoms with van der Waals surface area (Å²) in [5.74, 6) is 0.239. The highest BCUT2D eigenvalue weighted by Crippen LogP contribution is 2.45. The van der Waals surface area contributed by atoms with Crippen molar-refractivity contribution in [2.75, 3.05) is 5.73 Å². The van der Waals surface area contributed by atoms with Crippen molar-refractivity contribution in [1.29, 1.82) is 0 Å². The molecule has 3 saturated carbocycles. The summed E-state index contributed by atoms with van der Waals surface area (Å²) in [5.41, 5.74) is 13.9. The number of nitrogens with two attached hydrogens (primary N) is 2.